The number of carbonyl (C=O) groups is 1. The molecule has 1 N–H and O–H groups in total. The first kappa shape index (κ1) is 27.5. The molecular formula is C28H33Cl2N7O2. The molecule has 2 aromatic carbocycles. The number of benzene rings is 2. The Hall–Kier alpha value is -3.11. The molecule has 39 heavy (non-hydrogen) atoms. The van der Waals surface area contributed by atoms with Crippen molar-refractivity contribution in [2.75, 3.05) is 60.9 Å². The van der Waals surface area contributed by atoms with E-state index >= 15 is 0 Å². The summed E-state index contributed by atoms with van der Waals surface area (Å²) in [5.41, 5.74) is 4.13. The summed E-state index contributed by atoms with van der Waals surface area (Å²) in [5.74, 6) is 0.699. The van der Waals surface area contributed by atoms with Gasteiger partial charge in [0.05, 0.1) is 34.6 Å². The van der Waals surface area contributed by atoms with Gasteiger partial charge in [0.15, 0.2) is 0 Å². The Labute approximate surface area is 239 Å². The van der Waals surface area contributed by atoms with E-state index in [1.165, 1.54) is 11.3 Å². The lowest BCUT2D eigenvalue weighted by atomic mass is 10.1. The highest BCUT2D eigenvalue weighted by atomic mass is 35.5. The van der Waals surface area contributed by atoms with Crippen LogP contribution in [-0.2, 0) is 11.3 Å². The van der Waals surface area contributed by atoms with Crippen LogP contribution in [0, 0.1) is 0 Å². The lowest BCUT2D eigenvalue weighted by molar-refractivity contribution is -0.00528. The number of nitrogens with zero attached hydrogens (tertiary/aromatic N) is 6. The lowest BCUT2D eigenvalue weighted by Gasteiger charge is -2.38. The molecule has 1 amide bonds. The second-order valence-corrected chi connectivity index (χ2v) is 11.3. The monoisotopic (exact) mass is 569 g/mol. The Morgan fingerprint density at radius 3 is 2.46 bits per heavy atom. The van der Waals surface area contributed by atoms with Gasteiger partial charge in [0.2, 0.25) is 5.95 Å². The number of hydrogen-bond acceptors (Lipinski definition) is 8. The number of para-hydroxylation sites is 1. The number of hydrogen-bond donors (Lipinski definition) is 1. The molecule has 11 heteroatoms. The number of carbonyl (C=O) groups excluding carboxylic acids is 1. The van der Waals surface area contributed by atoms with Crippen LogP contribution in [0.25, 0.3) is 0 Å². The Bertz CT molecular complexity index is 1360. The number of fused-ring (bicyclic) bond motifs is 1. The van der Waals surface area contributed by atoms with Crippen LogP contribution >= 0.6 is 23.2 Å². The molecule has 0 radical (unpaired) electrons. The molecule has 1 aromatic heterocycles. The Balaban J connectivity index is 1.41. The average Bonchev–Trinajstić information content (AvgIpc) is 2.86. The summed E-state index contributed by atoms with van der Waals surface area (Å²) in [6.07, 6.45) is 1.89. The Morgan fingerprint density at radius 2 is 1.79 bits per heavy atom. The molecule has 2 atom stereocenters. The number of aromatic nitrogens is 2. The summed E-state index contributed by atoms with van der Waals surface area (Å²) in [6.45, 7) is 6.96. The van der Waals surface area contributed by atoms with E-state index in [9.17, 15) is 4.79 Å². The van der Waals surface area contributed by atoms with Gasteiger partial charge in [-0.2, -0.15) is 4.98 Å². The Kier molecular flexibility index (Phi) is 7.87. The summed E-state index contributed by atoms with van der Waals surface area (Å²) in [6, 6.07) is 11.5. The van der Waals surface area contributed by atoms with Crippen molar-refractivity contribution in [2.45, 2.75) is 32.6 Å². The third-order valence-electron chi connectivity index (χ3n) is 6.75. The summed E-state index contributed by atoms with van der Waals surface area (Å²) in [4.78, 5) is 30.5. The van der Waals surface area contributed by atoms with Gasteiger partial charge in [0.1, 0.15) is 11.4 Å². The molecule has 206 valence electrons. The van der Waals surface area contributed by atoms with Crippen molar-refractivity contribution in [2.24, 2.45) is 0 Å². The molecule has 3 aromatic rings. The largest absolute Gasteiger partial charge is 0.372 e. The predicted octanol–water partition coefficient (Wildman–Crippen LogP) is 5.26. The topological polar surface area (TPSA) is 77.1 Å². The first-order valence-corrected chi connectivity index (χ1v) is 13.7. The van der Waals surface area contributed by atoms with Crippen LogP contribution in [0.3, 0.4) is 0 Å². The predicted molar refractivity (Wildman–Crippen MR) is 158 cm³/mol. The van der Waals surface area contributed by atoms with Crippen molar-refractivity contribution < 1.29 is 9.53 Å². The number of nitrogens with one attached hydrogen (secondary N) is 1. The van der Waals surface area contributed by atoms with Crippen LogP contribution in [0.5, 0.6) is 0 Å². The molecule has 0 saturated carbocycles. The number of halogens is 2. The number of rotatable bonds is 6. The first-order valence-electron chi connectivity index (χ1n) is 12.9. The van der Waals surface area contributed by atoms with Crippen molar-refractivity contribution in [3.63, 3.8) is 0 Å². The summed E-state index contributed by atoms with van der Waals surface area (Å²) in [7, 11) is 5.99. The zero-order valence-electron chi connectivity index (χ0n) is 22.8. The van der Waals surface area contributed by atoms with Crippen LogP contribution < -0.4 is 20.0 Å². The number of morpholine rings is 1. The van der Waals surface area contributed by atoms with E-state index in [4.69, 9.17) is 27.9 Å². The van der Waals surface area contributed by atoms with Gasteiger partial charge in [-0.3, -0.25) is 9.69 Å². The Morgan fingerprint density at radius 1 is 1.10 bits per heavy atom. The van der Waals surface area contributed by atoms with Gasteiger partial charge in [0.25, 0.3) is 5.91 Å². The fraction of sp³-hybridized carbons (Fsp3) is 0.393. The minimum atomic E-state index is -0.253. The molecule has 0 aliphatic carbocycles. The smallest absolute Gasteiger partial charge is 0.265 e. The van der Waals surface area contributed by atoms with Crippen LogP contribution in [0.15, 0.2) is 42.6 Å². The van der Waals surface area contributed by atoms with Crippen LogP contribution in [-0.4, -0.2) is 73.9 Å². The molecule has 2 aliphatic rings. The van der Waals surface area contributed by atoms with Crippen LogP contribution in [0.1, 0.15) is 29.8 Å². The van der Waals surface area contributed by atoms with E-state index in [0.717, 1.165) is 25.3 Å². The van der Waals surface area contributed by atoms with Crippen molar-refractivity contribution in [3.05, 3.63) is 63.8 Å². The minimum absolute atomic E-state index is 0.173. The van der Waals surface area contributed by atoms with E-state index in [0.29, 0.717) is 33.1 Å². The number of amides is 1. The van der Waals surface area contributed by atoms with Gasteiger partial charge in [-0.15, -0.1) is 0 Å². The zero-order valence-corrected chi connectivity index (χ0v) is 24.3. The van der Waals surface area contributed by atoms with Crippen molar-refractivity contribution in [3.8, 4) is 0 Å². The maximum absolute atomic E-state index is 13.4. The molecule has 9 nitrogen and oxygen atoms in total. The van der Waals surface area contributed by atoms with Crippen molar-refractivity contribution in [1.82, 2.24) is 14.9 Å². The zero-order chi connectivity index (χ0) is 27.8. The van der Waals surface area contributed by atoms with Gasteiger partial charge in [0, 0.05) is 44.3 Å². The molecule has 0 unspecified atom stereocenters. The second-order valence-electron chi connectivity index (χ2n) is 10.4. The number of anilines is 5. The third-order valence-corrected chi connectivity index (χ3v) is 7.36. The molecular weight excluding hydrogens is 537 g/mol. The van der Waals surface area contributed by atoms with Gasteiger partial charge < -0.3 is 24.8 Å². The van der Waals surface area contributed by atoms with E-state index in [2.05, 4.69) is 65.2 Å². The standard InChI is InChI=1S/C28H33Cl2N7O2/c1-17-13-36(14-18(2)39-17)24-10-9-20(11-19(24)15-34(3)4)32-28-31-12-21-26(33-28)35(5)16-37(27(21)38)25-22(29)7-6-8-23(25)30/h6-12,17-18H,13-16H2,1-5H3,(H,31,32,33)/t17-,18+. The maximum Gasteiger partial charge on any atom is 0.265 e. The summed E-state index contributed by atoms with van der Waals surface area (Å²) >= 11 is 12.8. The average molecular weight is 571 g/mol. The van der Waals surface area contributed by atoms with Crippen molar-refractivity contribution in [1.29, 1.82) is 0 Å². The molecule has 0 bridgehead atoms. The van der Waals surface area contributed by atoms with Crippen molar-refractivity contribution >= 4 is 57.9 Å². The fourth-order valence-electron chi connectivity index (χ4n) is 5.23. The second kappa shape index (κ2) is 11.2. The van der Waals surface area contributed by atoms with E-state index in [1.54, 1.807) is 29.3 Å². The van der Waals surface area contributed by atoms with E-state index < -0.39 is 0 Å². The fourth-order valence-corrected chi connectivity index (χ4v) is 5.83. The summed E-state index contributed by atoms with van der Waals surface area (Å²) in [5, 5.41) is 4.15. The van der Waals surface area contributed by atoms with E-state index in [1.807, 2.05) is 18.0 Å². The molecule has 0 spiro atoms. The highest BCUT2D eigenvalue weighted by Crippen LogP contribution is 2.38. The normalized spacial score (nSPS) is 19.5. The van der Waals surface area contributed by atoms with Gasteiger partial charge in [-0.1, -0.05) is 29.3 Å². The molecule has 5 rings (SSSR count). The number of ether oxygens (including phenoxy) is 1. The maximum atomic E-state index is 13.4. The summed E-state index contributed by atoms with van der Waals surface area (Å²) < 4.78 is 5.94. The highest BCUT2D eigenvalue weighted by molar-refractivity contribution is 6.40. The van der Waals surface area contributed by atoms with Gasteiger partial charge in [-0.05, 0) is 63.8 Å². The minimum Gasteiger partial charge on any atom is -0.372 e. The molecule has 2 aliphatic heterocycles. The van der Waals surface area contributed by atoms with E-state index in [-0.39, 0.29) is 24.8 Å². The molecule has 1 fully saturated rings. The quantitative estimate of drug-likeness (QED) is 0.431. The molecule has 1 saturated heterocycles. The van der Waals surface area contributed by atoms with Crippen LogP contribution in [0.4, 0.5) is 28.8 Å². The SMILES string of the molecule is C[C@@H]1CN(c2ccc(Nc3ncc4c(n3)N(C)CN(c3c(Cl)cccc3Cl)C4=O)cc2CN(C)C)C[C@H](C)O1. The van der Waals surface area contributed by atoms with Gasteiger partial charge in [-0.25, -0.2) is 4.98 Å². The molecule has 3 heterocycles. The van der Waals surface area contributed by atoms with Crippen LogP contribution in [0.2, 0.25) is 10.0 Å². The van der Waals surface area contributed by atoms with Gasteiger partial charge >= 0.3 is 0 Å². The third kappa shape index (κ3) is 5.77. The lowest BCUT2D eigenvalue weighted by Crippen LogP contribution is -2.46. The highest BCUT2D eigenvalue weighted by Gasteiger charge is 2.33. The first-order chi connectivity index (χ1) is 18.6.